The number of hydrogen-bond donors (Lipinski definition) is 3. The number of hydrogen-bond acceptors (Lipinski definition) is 3. The van der Waals surface area contributed by atoms with Crippen molar-refractivity contribution in [1.29, 1.82) is 0 Å². The van der Waals surface area contributed by atoms with Crippen LogP contribution in [-0.2, 0) is 9.59 Å². The molecule has 0 aliphatic rings. The van der Waals surface area contributed by atoms with Gasteiger partial charge >= 0.3 is 11.9 Å². The molecule has 0 atom stereocenters. The third-order valence-electron chi connectivity index (χ3n) is 3.76. The Morgan fingerprint density at radius 1 is 0.833 bits per heavy atom. The Morgan fingerprint density at radius 3 is 1.50 bits per heavy atom. The Balaban J connectivity index is 4.85. The molecule has 5 nitrogen and oxygen atoms in total. The molecule has 0 spiro atoms. The molecule has 0 aliphatic carbocycles. The van der Waals surface area contributed by atoms with Crippen LogP contribution in [0.25, 0.3) is 0 Å². The SMILES string of the molecule is [2H]C(O)(CCCCCC(C(=O)O)(C([2H])([2H])[2H])C([2H])([2H])[2H])CCCCCC(C(=O)O)(C([2H])([2H])[2H])C([2H])([2H])[2H]. The van der Waals surface area contributed by atoms with E-state index in [0.29, 0.717) is 0 Å². The summed E-state index contributed by atoms with van der Waals surface area (Å²) < 4.78 is 97.6. The molecule has 0 fully saturated rings. The van der Waals surface area contributed by atoms with Crippen molar-refractivity contribution in [1.82, 2.24) is 0 Å². The summed E-state index contributed by atoms with van der Waals surface area (Å²) in [5.41, 5.74) is -5.88. The minimum absolute atomic E-state index is 0.0827. The quantitative estimate of drug-likeness (QED) is 0.399. The summed E-state index contributed by atoms with van der Waals surface area (Å²) in [6, 6.07) is 0. The van der Waals surface area contributed by atoms with Crippen LogP contribution in [0.2, 0.25) is 0 Å². The lowest BCUT2D eigenvalue weighted by Gasteiger charge is -2.19. The summed E-state index contributed by atoms with van der Waals surface area (Å²) in [5, 5.41) is 29.1. The highest BCUT2D eigenvalue weighted by molar-refractivity contribution is 5.73. The van der Waals surface area contributed by atoms with E-state index in [0.717, 1.165) is 0 Å². The van der Waals surface area contributed by atoms with Crippen LogP contribution in [-0.4, -0.2) is 33.3 Å². The van der Waals surface area contributed by atoms with Gasteiger partial charge in [0.2, 0.25) is 0 Å². The summed E-state index contributed by atoms with van der Waals surface area (Å²) in [6.07, 6.45) is -2.97. The molecule has 5 heteroatoms. The second kappa shape index (κ2) is 10.7. The predicted octanol–water partition coefficient (Wildman–Crippen LogP) is 4.47. The number of rotatable bonds is 14. The predicted molar refractivity (Wildman–Crippen MR) is 95.0 cm³/mol. The molecular weight excluding hydrogens is 308 g/mol. The first-order valence-corrected chi connectivity index (χ1v) is 7.99. The maximum atomic E-state index is 11.6. The van der Waals surface area contributed by atoms with Crippen LogP contribution in [0, 0.1) is 10.8 Å². The third-order valence-corrected chi connectivity index (χ3v) is 3.76. The van der Waals surface area contributed by atoms with E-state index in [1.165, 1.54) is 0 Å². The largest absolute Gasteiger partial charge is 0.481 e. The first kappa shape index (κ1) is 9.02. The van der Waals surface area contributed by atoms with Gasteiger partial charge in [-0.3, -0.25) is 9.59 Å². The van der Waals surface area contributed by atoms with Crippen molar-refractivity contribution < 1.29 is 42.7 Å². The number of aliphatic hydroxyl groups is 1. The van der Waals surface area contributed by atoms with Crippen LogP contribution in [0.15, 0.2) is 0 Å². The molecule has 0 aromatic heterocycles. The zero-order valence-corrected chi connectivity index (χ0v) is 13.7. The molecule has 142 valence electrons. The van der Waals surface area contributed by atoms with Gasteiger partial charge < -0.3 is 15.3 Å². The van der Waals surface area contributed by atoms with Gasteiger partial charge in [0.1, 0.15) is 0 Å². The van der Waals surface area contributed by atoms with Crippen molar-refractivity contribution in [3.05, 3.63) is 0 Å². The van der Waals surface area contributed by atoms with E-state index in [2.05, 4.69) is 0 Å². The van der Waals surface area contributed by atoms with Crippen LogP contribution < -0.4 is 0 Å². The summed E-state index contributed by atoms with van der Waals surface area (Å²) in [5.74, 6) is -3.90. The maximum Gasteiger partial charge on any atom is 0.309 e. The zero-order valence-electron chi connectivity index (χ0n) is 26.7. The minimum Gasteiger partial charge on any atom is -0.481 e. The first-order valence-electron chi connectivity index (χ1n) is 14.5. The fourth-order valence-electron chi connectivity index (χ4n) is 2.13. The van der Waals surface area contributed by atoms with Crippen LogP contribution >= 0.6 is 0 Å². The summed E-state index contributed by atoms with van der Waals surface area (Å²) in [6.45, 7) is -13.1. The van der Waals surface area contributed by atoms with Crippen molar-refractivity contribution in [2.75, 3.05) is 0 Å². The molecule has 3 N–H and O–H groups in total. The Labute approximate surface area is 164 Å². The molecular formula is C19H36O5. The van der Waals surface area contributed by atoms with E-state index >= 15 is 0 Å². The second-order valence-electron chi connectivity index (χ2n) is 6.11. The Bertz CT molecular complexity index is 676. The molecule has 0 radical (unpaired) electrons. The molecule has 0 aromatic carbocycles. The average Bonchev–Trinajstić information content (AvgIpc) is 2.62. The lowest BCUT2D eigenvalue weighted by atomic mass is 9.86. The standard InChI is InChI=1S/C19H36O5/c1-18(2,16(21)22)13-9-5-7-11-15(20)12-8-6-10-14-19(3,4)17(23)24/h15,20H,5-14H2,1-4H3,(H,21,22)(H,23,24)/i1D3,2D3,3D3,4D3,15D. The van der Waals surface area contributed by atoms with E-state index in [4.69, 9.17) is 17.8 Å². The van der Waals surface area contributed by atoms with Gasteiger partial charge in [0, 0.05) is 16.4 Å². The Hall–Kier alpha value is -1.10. The van der Waals surface area contributed by atoms with E-state index in [9.17, 15) is 24.9 Å². The Morgan fingerprint density at radius 2 is 1.21 bits per heavy atom. The highest BCUT2D eigenvalue weighted by atomic mass is 16.4. The molecule has 0 aliphatic heterocycles. The van der Waals surface area contributed by atoms with Gasteiger partial charge in [-0.25, -0.2) is 0 Å². The number of aliphatic carboxylic acids is 2. The summed E-state index contributed by atoms with van der Waals surface area (Å²) in [4.78, 5) is 23.3. The van der Waals surface area contributed by atoms with E-state index in [-0.39, 0.29) is 51.4 Å². The van der Waals surface area contributed by atoms with Crippen molar-refractivity contribution in [2.24, 2.45) is 10.8 Å². The van der Waals surface area contributed by atoms with Gasteiger partial charge in [-0.1, -0.05) is 38.5 Å². The molecule has 0 heterocycles. The molecule has 0 aromatic rings. The van der Waals surface area contributed by atoms with Gasteiger partial charge in [-0.05, 0) is 53.1 Å². The van der Waals surface area contributed by atoms with Gasteiger partial charge in [0.05, 0.1) is 18.3 Å². The lowest BCUT2D eigenvalue weighted by molar-refractivity contribution is -0.148. The molecule has 0 rings (SSSR count). The molecule has 0 amide bonds. The fourth-order valence-corrected chi connectivity index (χ4v) is 2.13. The van der Waals surface area contributed by atoms with Crippen LogP contribution in [0.5, 0.6) is 0 Å². The van der Waals surface area contributed by atoms with Crippen molar-refractivity contribution in [3.8, 4) is 0 Å². The topological polar surface area (TPSA) is 94.8 Å². The van der Waals surface area contributed by atoms with E-state index in [1.54, 1.807) is 0 Å². The first-order chi connectivity index (χ1) is 16.3. The summed E-state index contributed by atoms with van der Waals surface area (Å²) >= 11 is 0. The normalized spacial score (nSPS) is 23.1. The monoisotopic (exact) mass is 357 g/mol. The van der Waals surface area contributed by atoms with Crippen LogP contribution in [0.3, 0.4) is 0 Å². The smallest absolute Gasteiger partial charge is 0.309 e. The van der Waals surface area contributed by atoms with Crippen LogP contribution in [0.1, 0.15) is 109 Å². The number of carboxylic acid groups (broad SMARTS) is 2. The summed E-state index contributed by atoms with van der Waals surface area (Å²) in [7, 11) is 0. The second-order valence-corrected chi connectivity index (χ2v) is 6.11. The molecule has 24 heavy (non-hydrogen) atoms. The van der Waals surface area contributed by atoms with E-state index < -0.39 is 69.1 Å². The van der Waals surface area contributed by atoms with Crippen molar-refractivity contribution >= 4 is 11.9 Å². The zero-order chi connectivity index (χ0) is 29.7. The van der Waals surface area contributed by atoms with Gasteiger partial charge in [-0.2, -0.15) is 0 Å². The Kier molecular flexibility index (Phi) is 4.02. The minimum atomic E-state index is -3.28. The molecule has 0 unspecified atom stereocenters. The molecule has 0 saturated heterocycles. The van der Waals surface area contributed by atoms with Gasteiger partial charge in [-0.15, -0.1) is 0 Å². The van der Waals surface area contributed by atoms with Gasteiger partial charge in [0.15, 0.2) is 0 Å². The highest BCUT2D eigenvalue weighted by Gasteiger charge is 2.26. The third kappa shape index (κ3) is 9.91. The number of carboxylic acids is 2. The van der Waals surface area contributed by atoms with Crippen molar-refractivity contribution in [2.45, 2.75) is 97.7 Å². The number of carbonyl (C=O) groups is 2. The van der Waals surface area contributed by atoms with Gasteiger partial charge in [0.25, 0.3) is 0 Å². The van der Waals surface area contributed by atoms with E-state index in [1.807, 2.05) is 0 Å². The average molecular weight is 358 g/mol. The molecule has 0 bridgehead atoms. The molecule has 0 saturated carbocycles. The number of unbranched alkanes of at least 4 members (excludes halogenated alkanes) is 4. The maximum absolute atomic E-state index is 11.6. The fraction of sp³-hybridized carbons (Fsp3) is 0.895. The van der Waals surface area contributed by atoms with Crippen molar-refractivity contribution in [3.63, 3.8) is 0 Å². The lowest BCUT2D eigenvalue weighted by Crippen LogP contribution is -2.23. The van der Waals surface area contributed by atoms with Crippen LogP contribution in [0.4, 0.5) is 0 Å². The highest BCUT2D eigenvalue weighted by Crippen LogP contribution is 2.25.